The molecule has 0 aliphatic heterocycles. The summed E-state index contributed by atoms with van der Waals surface area (Å²) in [6.07, 6.45) is 8.89. The lowest BCUT2D eigenvalue weighted by Gasteiger charge is -2.13. The van der Waals surface area contributed by atoms with Gasteiger partial charge in [-0.15, -0.1) is 0 Å². The highest BCUT2D eigenvalue weighted by Gasteiger charge is 2.13. The van der Waals surface area contributed by atoms with Crippen LogP contribution in [0.25, 0.3) is 0 Å². The average molecular weight is 315 g/mol. The molecule has 2 N–H and O–H groups in total. The fourth-order valence-corrected chi connectivity index (χ4v) is 1.70. The van der Waals surface area contributed by atoms with Crippen LogP contribution in [0.1, 0.15) is 24.8 Å². The van der Waals surface area contributed by atoms with Gasteiger partial charge in [0.05, 0.1) is 19.3 Å². The molecule has 122 valence electrons. The summed E-state index contributed by atoms with van der Waals surface area (Å²) in [5, 5.41) is 19.5. The van der Waals surface area contributed by atoms with Gasteiger partial charge in [0.25, 0.3) is 0 Å². The summed E-state index contributed by atoms with van der Waals surface area (Å²) in [7, 11) is 1.32. The summed E-state index contributed by atoms with van der Waals surface area (Å²) in [5.74, 6) is 5.43. The minimum atomic E-state index is -0.983. The van der Waals surface area contributed by atoms with E-state index in [2.05, 4.69) is 21.6 Å². The van der Waals surface area contributed by atoms with E-state index in [0.29, 0.717) is 12.8 Å². The molecular weight excluding hydrogens is 294 g/mol. The maximum absolute atomic E-state index is 10.9. The van der Waals surface area contributed by atoms with E-state index in [0.717, 1.165) is 5.56 Å². The van der Waals surface area contributed by atoms with E-state index in [-0.39, 0.29) is 12.4 Å². The lowest BCUT2D eigenvalue weighted by Crippen LogP contribution is -2.23. The molecule has 0 saturated carbocycles. The van der Waals surface area contributed by atoms with Crippen molar-refractivity contribution in [2.45, 2.75) is 31.5 Å². The quantitative estimate of drug-likeness (QED) is 0.454. The summed E-state index contributed by atoms with van der Waals surface area (Å²) in [5.41, 5.74) is 0.821. The lowest BCUT2D eigenvalue weighted by molar-refractivity contribution is -0.140. The largest absolute Gasteiger partial charge is 0.469 e. The van der Waals surface area contributed by atoms with E-state index in [4.69, 9.17) is 0 Å². The molecule has 0 aliphatic rings. The van der Waals surface area contributed by atoms with Crippen LogP contribution in [0, 0.1) is 11.8 Å². The molecule has 0 spiro atoms. The first kappa shape index (κ1) is 18.6. The molecule has 5 heteroatoms. The van der Waals surface area contributed by atoms with Crippen LogP contribution in [-0.2, 0) is 9.53 Å². The molecule has 0 unspecified atom stereocenters. The second-order valence-electron chi connectivity index (χ2n) is 4.78. The number of esters is 1. The van der Waals surface area contributed by atoms with E-state index < -0.39 is 12.2 Å². The Morgan fingerprint density at radius 1 is 1.43 bits per heavy atom. The normalized spacial score (nSPS) is 13.5. The first-order valence-corrected chi connectivity index (χ1v) is 7.31. The van der Waals surface area contributed by atoms with Crippen LogP contribution in [0.3, 0.4) is 0 Å². The monoisotopic (exact) mass is 315 g/mol. The van der Waals surface area contributed by atoms with Crippen molar-refractivity contribution in [3.63, 3.8) is 0 Å². The van der Waals surface area contributed by atoms with Crippen LogP contribution in [0.4, 0.5) is 0 Å². The van der Waals surface area contributed by atoms with Gasteiger partial charge < -0.3 is 14.9 Å². The molecular formula is C18H21NO4. The van der Waals surface area contributed by atoms with Crippen molar-refractivity contribution in [3.8, 4) is 11.8 Å². The molecule has 0 fully saturated rings. The van der Waals surface area contributed by atoms with Gasteiger partial charge in [0.2, 0.25) is 0 Å². The average Bonchev–Trinajstić information content (AvgIpc) is 2.58. The number of carbonyl (C=O) groups excluding carboxylic acids is 1. The second kappa shape index (κ2) is 11.2. The standard InChI is InChI=1S/C18H21NO4/c1-23-18(22)12-6-11-17(21)16(20)10-5-3-2-4-8-15-9-7-13-19-14-15/h2-3,5,7,9-10,13-14,16-17,20-21H,6,11-12H2,1H3/b3-2+,10-5+/t16-,17+/m1/s1. The Morgan fingerprint density at radius 3 is 2.96 bits per heavy atom. The van der Waals surface area contributed by atoms with Crippen molar-refractivity contribution in [2.75, 3.05) is 7.11 Å². The zero-order valence-electron chi connectivity index (χ0n) is 13.1. The molecule has 1 rings (SSSR count). The van der Waals surface area contributed by atoms with E-state index in [9.17, 15) is 15.0 Å². The molecule has 0 aliphatic carbocycles. The van der Waals surface area contributed by atoms with Gasteiger partial charge in [-0.05, 0) is 31.1 Å². The van der Waals surface area contributed by atoms with Crippen molar-refractivity contribution < 1.29 is 19.7 Å². The number of rotatable bonds is 7. The van der Waals surface area contributed by atoms with Gasteiger partial charge in [0.15, 0.2) is 0 Å². The number of allylic oxidation sites excluding steroid dienone is 3. The van der Waals surface area contributed by atoms with Crippen molar-refractivity contribution in [3.05, 3.63) is 54.4 Å². The van der Waals surface area contributed by atoms with Crippen LogP contribution < -0.4 is 0 Å². The minimum absolute atomic E-state index is 0.230. The van der Waals surface area contributed by atoms with Crippen molar-refractivity contribution >= 4 is 5.97 Å². The second-order valence-corrected chi connectivity index (χ2v) is 4.78. The highest BCUT2D eigenvalue weighted by molar-refractivity contribution is 5.68. The van der Waals surface area contributed by atoms with Crippen molar-refractivity contribution in [1.82, 2.24) is 4.98 Å². The fourth-order valence-electron chi connectivity index (χ4n) is 1.70. The van der Waals surface area contributed by atoms with E-state index in [1.165, 1.54) is 13.2 Å². The van der Waals surface area contributed by atoms with Crippen LogP contribution in [0.15, 0.2) is 48.8 Å². The molecule has 5 nitrogen and oxygen atoms in total. The number of carbonyl (C=O) groups is 1. The maximum Gasteiger partial charge on any atom is 0.305 e. The highest BCUT2D eigenvalue weighted by Crippen LogP contribution is 2.07. The third-order valence-corrected chi connectivity index (χ3v) is 2.98. The van der Waals surface area contributed by atoms with Crippen LogP contribution >= 0.6 is 0 Å². The SMILES string of the molecule is COC(=O)CCC[C@H](O)[C@H](O)/C=C/C=C/C#Cc1cccnc1. The van der Waals surface area contributed by atoms with Gasteiger partial charge in [0.1, 0.15) is 0 Å². The molecule has 0 amide bonds. The van der Waals surface area contributed by atoms with Crippen LogP contribution in [0.5, 0.6) is 0 Å². The topological polar surface area (TPSA) is 79.7 Å². The highest BCUT2D eigenvalue weighted by atomic mass is 16.5. The lowest BCUT2D eigenvalue weighted by atomic mass is 10.1. The fraction of sp³-hybridized carbons (Fsp3) is 0.333. The first-order valence-electron chi connectivity index (χ1n) is 7.31. The van der Waals surface area contributed by atoms with E-state index >= 15 is 0 Å². The van der Waals surface area contributed by atoms with Crippen molar-refractivity contribution in [2.24, 2.45) is 0 Å². The van der Waals surface area contributed by atoms with Gasteiger partial charge in [-0.1, -0.05) is 30.1 Å². The summed E-state index contributed by atoms with van der Waals surface area (Å²) in [6, 6.07) is 3.67. The van der Waals surface area contributed by atoms with Gasteiger partial charge in [-0.25, -0.2) is 0 Å². The number of aromatic nitrogens is 1. The molecule has 0 radical (unpaired) electrons. The third-order valence-electron chi connectivity index (χ3n) is 2.98. The van der Waals surface area contributed by atoms with Crippen molar-refractivity contribution in [1.29, 1.82) is 0 Å². The molecule has 2 atom stereocenters. The van der Waals surface area contributed by atoms with Crippen LogP contribution in [0.2, 0.25) is 0 Å². The summed E-state index contributed by atoms with van der Waals surface area (Å²) < 4.78 is 4.50. The Morgan fingerprint density at radius 2 is 2.26 bits per heavy atom. The summed E-state index contributed by atoms with van der Waals surface area (Å²) in [6.45, 7) is 0. The smallest absolute Gasteiger partial charge is 0.305 e. The molecule has 1 aromatic heterocycles. The minimum Gasteiger partial charge on any atom is -0.469 e. The van der Waals surface area contributed by atoms with Crippen LogP contribution in [-0.4, -0.2) is 40.5 Å². The number of methoxy groups -OCH3 is 1. The number of aliphatic hydroxyl groups is 2. The molecule has 0 bridgehead atoms. The Kier molecular flexibility index (Phi) is 9.06. The Labute approximate surface area is 136 Å². The molecule has 1 aromatic rings. The summed E-state index contributed by atoms with van der Waals surface area (Å²) in [4.78, 5) is 14.9. The zero-order valence-corrected chi connectivity index (χ0v) is 13.1. The van der Waals surface area contributed by atoms with E-state index in [1.54, 1.807) is 30.6 Å². The number of hydrogen-bond acceptors (Lipinski definition) is 5. The maximum atomic E-state index is 10.9. The van der Waals surface area contributed by atoms with Gasteiger partial charge in [-0.2, -0.15) is 0 Å². The molecule has 23 heavy (non-hydrogen) atoms. The number of nitrogens with zero attached hydrogens (tertiary/aromatic N) is 1. The molecule has 0 saturated heterocycles. The van der Waals surface area contributed by atoms with E-state index in [1.807, 2.05) is 12.1 Å². The molecule has 0 aromatic carbocycles. The van der Waals surface area contributed by atoms with Gasteiger partial charge in [-0.3, -0.25) is 9.78 Å². The first-order chi connectivity index (χ1) is 11.1. The number of aliphatic hydroxyl groups excluding tert-OH is 2. The molecule has 1 heterocycles. The number of hydrogen-bond donors (Lipinski definition) is 2. The third kappa shape index (κ3) is 8.57. The predicted molar refractivity (Wildman–Crippen MR) is 87.3 cm³/mol. The number of pyridine rings is 1. The van der Waals surface area contributed by atoms with Gasteiger partial charge in [0, 0.05) is 24.4 Å². The van der Waals surface area contributed by atoms with Gasteiger partial charge >= 0.3 is 5.97 Å². The Bertz CT molecular complexity index is 584. The Balaban J connectivity index is 2.31. The summed E-state index contributed by atoms with van der Waals surface area (Å²) >= 11 is 0. The zero-order chi connectivity index (χ0) is 16.9. The predicted octanol–water partition coefficient (Wildman–Crippen LogP) is 1.61. The Hall–Kier alpha value is -2.42. The number of ether oxygens (including phenoxy) is 1.